The number of para-hydroxylation sites is 1. The average Bonchev–Trinajstić information content (AvgIpc) is 3.38. The van der Waals surface area contributed by atoms with E-state index in [4.69, 9.17) is 9.47 Å². The molecule has 2 saturated heterocycles. The van der Waals surface area contributed by atoms with Crippen molar-refractivity contribution in [2.75, 3.05) is 43.2 Å². The van der Waals surface area contributed by atoms with Gasteiger partial charge in [-0.2, -0.15) is 0 Å². The van der Waals surface area contributed by atoms with Gasteiger partial charge in [-0.15, -0.1) is 0 Å². The molecule has 32 heavy (non-hydrogen) atoms. The molecule has 0 radical (unpaired) electrons. The number of ether oxygens (including phenoxy) is 2. The van der Waals surface area contributed by atoms with E-state index in [1.165, 1.54) is 4.90 Å². The molecule has 9 nitrogen and oxygen atoms in total. The Morgan fingerprint density at radius 1 is 1.00 bits per heavy atom. The van der Waals surface area contributed by atoms with Gasteiger partial charge in [0.1, 0.15) is 6.54 Å². The van der Waals surface area contributed by atoms with Crippen LogP contribution in [0, 0.1) is 0 Å². The van der Waals surface area contributed by atoms with E-state index in [9.17, 15) is 14.4 Å². The maximum atomic E-state index is 12.9. The number of carbonyl (C=O) groups excluding carboxylic acids is 3. The third-order valence-electron chi connectivity index (χ3n) is 6.03. The van der Waals surface area contributed by atoms with Gasteiger partial charge in [-0.3, -0.25) is 14.5 Å². The Kier molecular flexibility index (Phi) is 5.40. The second-order valence-electron chi connectivity index (χ2n) is 8.10. The first kappa shape index (κ1) is 20.3. The standard InChI is InChI=1S/C23H24N4O5/c28-21(24-16-6-7-19-20(12-16)32-15-31-19)13-25-10-8-17(9-11-25)26-14-22(29)27(23(26)30)18-4-2-1-3-5-18/h1-7,12,17H,8-11,13-15H2,(H,24,28). The first-order chi connectivity index (χ1) is 15.6. The Morgan fingerprint density at radius 2 is 1.75 bits per heavy atom. The van der Waals surface area contributed by atoms with Gasteiger partial charge in [-0.1, -0.05) is 18.2 Å². The lowest BCUT2D eigenvalue weighted by atomic mass is 10.0. The van der Waals surface area contributed by atoms with E-state index >= 15 is 0 Å². The van der Waals surface area contributed by atoms with Crippen LogP contribution in [0.2, 0.25) is 0 Å². The van der Waals surface area contributed by atoms with Gasteiger partial charge in [0.15, 0.2) is 11.5 Å². The molecule has 0 saturated carbocycles. The van der Waals surface area contributed by atoms with Crippen LogP contribution < -0.4 is 19.7 Å². The highest BCUT2D eigenvalue weighted by Gasteiger charge is 2.41. The zero-order valence-corrected chi connectivity index (χ0v) is 17.5. The largest absolute Gasteiger partial charge is 0.454 e. The topological polar surface area (TPSA) is 91.4 Å². The van der Waals surface area contributed by atoms with Crippen LogP contribution in [0.5, 0.6) is 11.5 Å². The fourth-order valence-corrected chi connectivity index (χ4v) is 4.40. The zero-order chi connectivity index (χ0) is 22.1. The predicted octanol–water partition coefficient (Wildman–Crippen LogP) is 2.29. The molecule has 3 aliphatic heterocycles. The lowest BCUT2D eigenvalue weighted by molar-refractivity contribution is -0.117. The Bertz CT molecular complexity index is 1040. The van der Waals surface area contributed by atoms with Crippen molar-refractivity contribution < 1.29 is 23.9 Å². The molecule has 5 rings (SSSR count). The third kappa shape index (κ3) is 3.99. The van der Waals surface area contributed by atoms with Crippen LogP contribution in [-0.4, -0.2) is 66.7 Å². The van der Waals surface area contributed by atoms with Gasteiger partial charge in [-0.05, 0) is 37.1 Å². The van der Waals surface area contributed by atoms with E-state index in [2.05, 4.69) is 10.2 Å². The Labute approximate surface area is 185 Å². The minimum atomic E-state index is -0.264. The summed E-state index contributed by atoms with van der Waals surface area (Å²) in [5.74, 6) is 0.987. The van der Waals surface area contributed by atoms with Crippen molar-refractivity contribution in [2.45, 2.75) is 18.9 Å². The first-order valence-corrected chi connectivity index (χ1v) is 10.7. The predicted molar refractivity (Wildman–Crippen MR) is 117 cm³/mol. The fraction of sp³-hybridized carbons (Fsp3) is 0.348. The molecule has 0 aromatic heterocycles. The number of likely N-dealkylation sites (tertiary alicyclic amines) is 1. The van der Waals surface area contributed by atoms with Crippen LogP contribution in [0.4, 0.5) is 16.2 Å². The lowest BCUT2D eigenvalue weighted by Crippen LogP contribution is -2.48. The minimum absolute atomic E-state index is 0.00617. The molecule has 2 fully saturated rings. The number of imide groups is 1. The van der Waals surface area contributed by atoms with Crippen LogP contribution in [0.15, 0.2) is 48.5 Å². The highest BCUT2D eigenvalue weighted by atomic mass is 16.7. The van der Waals surface area contributed by atoms with Crippen molar-refractivity contribution in [1.82, 2.24) is 9.80 Å². The van der Waals surface area contributed by atoms with Crippen molar-refractivity contribution in [3.8, 4) is 11.5 Å². The SMILES string of the molecule is O=C(CN1CCC(N2CC(=O)N(c3ccccc3)C2=O)CC1)Nc1ccc2c(c1)OCO2. The Morgan fingerprint density at radius 3 is 2.53 bits per heavy atom. The van der Waals surface area contributed by atoms with E-state index in [0.717, 1.165) is 12.8 Å². The highest BCUT2D eigenvalue weighted by Crippen LogP contribution is 2.34. The second kappa shape index (κ2) is 8.51. The van der Waals surface area contributed by atoms with E-state index in [1.54, 1.807) is 35.2 Å². The molecule has 2 aromatic rings. The molecule has 4 amide bonds. The molecule has 3 heterocycles. The number of carbonyl (C=O) groups is 3. The van der Waals surface area contributed by atoms with Crippen molar-refractivity contribution in [3.05, 3.63) is 48.5 Å². The number of urea groups is 1. The van der Waals surface area contributed by atoms with Gasteiger partial charge in [0.05, 0.1) is 12.2 Å². The van der Waals surface area contributed by atoms with Crippen LogP contribution >= 0.6 is 0 Å². The molecule has 0 bridgehead atoms. The number of rotatable bonds is 5. The van der Waals surface area contributed by atoms with Crippen molar-refractivity contribution in [3.63, 3.8) is 0 Å². The maximum Gasteiger partial charge on any atom is 0.332 e. The van der Waals surface area contributed by atoms with E-state index in [-0.39, 0.29) is 43.8 Å². The summed E-state index contributed by atoms with van der Waals surface area (Å²) in [6.45, 7) is 1.92. The smallest absolute Gasteiger partial charge is 0.332 e. The quantitative estimate of drug-likeness (QED) is 0.724. The number of fused-ring (bicyclic) bond motifs is 1. The summed E-state index contributed by atoms with van der Waals surface area (Å²) in [6, 6.07) is 14.0. The normalized spacial score (nSPS) is 19.0. The summed E-state index contributed by atoms with van der Waals surface area (Å²) in [7, 11) is 0. The van der Waals surface area contributed by atoms with Gasteiger partial charge < -0.3 is 19.7 Å². The lowest BCUT2D eigenvalue weighted by Gasteiger charge is -2.35. The molecule has 166 valence electrons. The van der Waals surface area contributed by atoms with Gasteiger partial charge in [0.25, 0.3) is 5.91 Å². The monoisotopic (exact) mass is 436 g/mol. The molecule has 2 aromatic carbocycles. The average molecular weight is 436 g/mol. The number of piperidine rings is 1. The van der Waals surface area contributed by atoms with Crippen LogP contribution in [-0.2, 0) is 9.59 Å². The molecule has 9 heteroatoms. The minimum Gasteiger partial charge on any atom is -0.454 e. The Hall–Kier alpha value is -3.59. The second-order valence-corrected chi connectivity index (χ2v) is 8.10. The van der Waals surface area contributed by atoms with E-state index in [0.29, 0.717) is 36.0 Å². The summed E-state index contributed by atoms with van der Waals surface area (Å²) < 4.78 is 10.6. The van der Waals surface area contributed by atoms with Gasteiger partial charge in [-0.25, -0.2) is 9.69 Å². The number of hydrogen-bond acceptors (Lipinski definition) is 6. The Balaban J connectivity index is 1.13. The van der Waals surface area contributed by atoms with Crippen LogP contribution in [0.25, 0.3) is 0 Å². The number of benzene rings is 2. The van der Waals surface area contributed by atoms with Crippen molar-refractivity contribution in [1.29, 1.82) is 0 Å². The number of nitrogens with zero attached hydrogens (tertiary/aromatic N) is 3. The molecule has 1 N–H and O–H groups in total. The van der Waals surface area contributed by atoms with Crippen molar-refractivity contribution in [2.24, 2.45) is 0 Å². The molecule has 0 aliphatic carbocycles. The van der Waals surface area contributed by atoms with Gasteiger partial charge in [0.2, 0.25) is 12.7 Å². The molecular weight excluding hydrogens is 412 g/mol. The maximum absolute atomic E-state index is 12.9. The molecule has 0 spiro atoms. The summed E-state index contributed by atoms with van der Waals surface area (Å²) in [5.41, 5.74) is 1.26. The number of hydrogen-bond donors (Lipinski definition) is 1. The first-order valence-electron chi connectivity index (χ1n) is 10.7. The number of anilines is 2. The summed E-state index contributed by atoms with van der Waals surface area (Å²) in [6.07, 6.45) is 1.44. The molecule has 3 aliphatic rings. The van der Waals surface area contributed by atoms with E-state index < -0.39 is 0 Å². The highest BCUT2D eigenvalue weighted by molar-refractivity contribution is 6.19. The summed E-state index contributed by atoms with van der Waals surface area (Å²) in [4.78, 5) is 42.8. The fourth-order valence-electron chi connectivity index (χ4n) is 4.40. The van der Waals surface area contributed by atoms with Crippen molar-refractivity contribution >= 4 is 29.2 Å². The van der Waals surface area contributed by atoms with Gasteiger partial charge in [0, 0.05) is 30.9 Å². The number of nitrogens with one attached hydrogen (secondary N) is 1. The number of amides is 4. The van der Waals surface area contributed by atoms with Gasteiger partial charge >= 0.3 is 6.03 Å². The zero-order valence-electron chi connectivity index (χ0n) is 17.5. The summed E-state index contributed by atoms with van der Waals surface area (Å²) in [5, 5.41) is 2.89. The van der Waals surface area contributed by atoms with Crippen LogP contribution in [0.1, 0.15) is 12.8 Å². The molecule has 0 unspecified atom stereocenters. The molecule has 0 atom stereocenters. The summed E-state index contributed by atoms with van der Waals surface area (Å²) >= 11 is 0. The molecular formula is C23H24N4O5. The van der Waals surface area contributed by atoms with Crippen LogP contribution in [0.3, 0.4) is 0 Å². The third-order valence-corrected chi connectivity index (χ3v) is 6.03. The van der Waals surface area contributed by atoms with E-state index in [1.807, 2.05) is 18.2 Å².